The van der Waals surface area contributed by atoms with Gasteiger partial charge in [0.2, 0.25) is 0 Å². The molecule has 4 nitrogen and oxygen atoms in total. The highest BCUT2D eigenvalue weighted by molar-refractivity contribution is 7.84. The lowest BCUT2D eigenvalue weighted by Crippen LogP contribution is -2.21. The second-order valence-corrected chi connectivity index (χ2v) is 5.98. The molecule has 0 fully saturated rings. The molecule has 1 aromatic carbocycles. The zero-order valence-electron chi connectivity index (χ0n) is 11.3. The molecule has 0 unspecified atom stereocenters. The van der Waals surface area contributed by atoms with E-state index in [-0.39, 0.29) is 0 Å². The Balaban J connectivity index is 2.08. The number of nitrogens with one attached hydrogen (secondary N) is 1. The molecule has 5 heteroatoms. The molecule has 0 spiro atoms. The van der Waals surface area contributed by atoms with Gasteiger partial charge < -0.3 is 5.32 Å². The van der Waals surface area contributed by atoms with E-state index in [1.54, 1.807) is 6.26 Å². The van der Waals surface area contributed by atoms with E-state index in [1.807, 2.05) is 31.3 Å². The van der Waals surface area contributed by atoms with Crippen LogP contribution in [0.1, 0.15) is 11.5 Å². The molecule has 0 aliphatic rings. The molecule has 1 N–H and O–H groups in total. The summed E-state index contributed by atoms with van der Waals surface area (Å²) in [6, 6.07) is 10.2. The second kappa shape index (κ2) is 6.63. The van der Waals surface area contributed by atoms with Crippen LogP contribution in [0.5, 0.6) is 0 Å². The molecule has 0 amide bonds. The molecule has 1 heterocycles. The van der Waals surface area contributed by atoms with Crippen molar-refractivity contribution in [1.29, 1.82) is 0 Å². The maximum absolute atomic E-state index is 11.0. The molecular formula is C14H19N3OS. The van der Waals surface area contributed by atoms with Gasteiger partial charge in [0.15, 0.2) is 0 Å². The van der Waals surface area contributed by atoms with Crippen LogP contribution in [0.4, 0.5) is 0 Å². The van der Waals surface area contributed by atoms with E-state index in [1.165, 1.54) is 0 Å². The number of hydrogen-bond acceptors (Lipinski definition) is 3. The lowest BCUT2D eigenvalue weighted by atomic mass is 10.3. The van der Waals surface area contributed by atoms with E-state index in [9.17, 15) is 4.21 Å². The van der Waals surface area contributed by atoms with Crippen molar-refractivity contribution in [2.75, 3.05) is 18.6 Å². The van der Waals surface area contributed by atoms with Gasteiger partial charge in [-0.05, 0) is 19.1 Å². The number of para-hydroxylation sites is 1. The summed E-state index contributed by atoms with van der Waals surface area (Å²) in [5, 5.41) is 3.30. The first-order valence-corrected chi connectivity index (χ1v) is 8.00. The van der Waals surface area contributed by atoms with Crippen LogP contribution in [0.15, 0.2) is 36.5 Å². The lowest BCUT2D eigenvalue weighted by Gasteiger charge is -2.10. The second-order valence-electron chi connectivity index (χ2n) is 4.42. The largest absolute Gasteiger partial charge is 0.310 e. The molecule has 2 aromatic rings. The van der Waals surface area contributed by atoms with Crippen molar-refractivity contribution in [2.45, 2.75) is 13.5 Å². The van der Waals surface area contributed by atoms with E-state index in [4.69, 9.17) is 0 Å². The van der Waals surface area contributed by atoms with Crippen LogP contribution in [0.2, 0.25) is 0 Å². The van der Waals surface area contributed by atoms with Crippen LogP contribution in [0, 0.1) is 6.92 Å². The fourth-order valence-electron chi connectivity index (χ4n) is 1.98. The van der Waals surface area contributed by atoms with Crippen LogP contribution >= 0.6 is 0 Å². The molecule has 0 saturated heterocycles. The van der Waals surface area contributed by atoms with E-state index in [2.05, 4.69) is 27.0 Å². The quantitative estimate of drug-likeness (QED) is 0.817. The van der Waals surface area contributed by atoms with Gasteiger partial charge in [0.1, 0.15) is 5.82 Å². The van der Waals surface area contributed by atoms with Crippen molar-refractivity contribution < 1.29 is 4.21 Å². The van der Waals surface area contributed by atoms with Gasteiger partial charge in [-0.15, -0.1) is 0 Å². The molecular weight excluding hydrogens is 258 g/mol. The van der Waals surface area contributed by atoms with E-state index in [0.717, 1.165) is 30.3 Å². The standard InChI is InChI=1S/C14H19N3OS/c1-12-16-11-14(10-15-8-9-19(2)18)17(12)13-6-4-3-5-7-13/h3-7,11,15H,8-10H2,1-2H3/t19-/m1/s1. The Bertz CT molecular complexity index is 551. The minimum absolute atomic E-state index is 0.679. The van der Waals surface area contributed by atoms with Crippen molar-refractivity contribution in [3.05, 3.63) is 48.0 Å². The SMILES string of the molecule is Cc1ncc(CNCC[S@@](C)=O)n1-c1ccccc1. The predicted molar refractivity (Wildman–Crippen MR) is 78.9 cm³/mol. The number of aryl methyl sites for hydroxylation is 1. The molecule has 102 valence electrons. The first-order valence-electron chi connectivity index (χ1n) is 6.28. The zero-order chi connectivity index (χ0) is 13.7. The van der Waals surface area contributed by atoms with Crippen molar-refractivity contribution in [3.63, 3.8) is 0 Å². The van der Waals surface area contributed by atoms with Crippen molar-refractivity contribution in [1.82, 2.24) is 14.9 Å². The third-order valence-corrected chi connectivity index (χ3v) is 3.68. The summed E-state index contributed by atoms with van der Waals surface area (Å²) in [4.78, 5) is 4.37. The van der Waals surface area contributed by atoms with Crippen molar-refractivity contribution in [2.24, 2.45) is 0 Å². The zero-order valence-corrected chi connectivity index (χ0v) is 12.1. The van der Waals surface area contributed by atoms with Gasteiger partial charge in [0, 0.05) is 41.6 Å². The van der Waals surface area contributed by atoms with Gasteiger partial charge in [-0.25, -0.2) is 4.98 Å². The van der Waals surface area contributed by atoms with Crippen molar-refractivity contribution in [3.8, 4) is 5.69 Å². The van der Waals surface area contributed by atoms with Gasteiger partial charge in [-0.3, -0.25) is 8.78 Å². The molecule has 1 aromatic heterocycles. The number of nitrogens with zero attached hydrogens (tertiary/aromatic N) is 2. The van der Waals surface area contributed by atoms with E-state index >= 15 is 0 Å². The van der Waals surface area contributed by atoms with Gasteiger partial charge in [0.05, 0.1) is 11.9 Å². The van der Waals surface area contributed by atoms with Crippen LogP contribution in [-0.4, -0.2) is 32.3 Å². The Hall–Kier alpha value is -1.46. The number of imidazole rings is 1. The summed E-state index contributed by atoms with van der Waals surface area (Å²) in [6.45, 7) is 3.48. The topological polar surface area (TPSA) is 46.9 Å². The highest BCUT2D eigenvalue weighted by atomic mass is 32.2. The average Bonchev–Trinajstić information content (AvgIpc) is 2.77. The fraction of sp³-hybridized carbons (Fsp3) is 0.357. The monoisotopic (exact) mass is 277 g/mol. The molecule has 0 saturated carbocycles. The van der Waals surface area contributed by atoms with Crippen LogP contribution in [0.3, 0.4) is 0 Å². The first-order chi connectivity index (χ1) is 9.18. The maximum atomic E-state index is 11.0. The Morgan fingerprint density at radius 1 is 1.32 bits per heavy atom. The van der Waals surface area contributed by atoms with Crippen LogP contribution in [0.25, 0.3) is 5.69 Å². The number of hydrogen-bond donors (Lipinski definition) is 1. The summed E-state index contributed by atoms with van der Waals surface area (Å²) in [5.74, 6) is 1.65. The summed E-state index contributed by atoms with van der Waals surface area (Å²) >= 11 is 0. The van der Waals surface area contributed by atoms with Gasteiger partial charge in [0.25, 0.3) is 0 Å². The average molecular weight is 277 g/mol. The van der Waals surface area contributed by atoms with Gasteiger partial charge in [-0.2, -0.15) is 0 Å². The Labute approximate surface area is 116 Å². The summed E-state index contributed by atoms with van der Waals surface area (Å²) in [7, 11) is -0.744. The highest BCUT2D eigenvalue weighted by Crippen LogP contribution is 2.14. The van der Waals surface area contributed by atoms with E-state index < -0.39 is 10.8 Å². The van der Waals surface area contributed by atoms with Crippen LogP contribution < -0.4 is 5.32 Å². The Morgan fingerprint density at radius 2 is 2.05 bits per heavy atom. The highest BCUT2D eigenvalue weighted by Gasteiger charge is 2.07. The Morgan fingerprint density at radius 3 is 2.74 bits per heavy atom. The fourth-order valence-corrected chi connectivity index (χ4v) is 2.41. The molecule has 2 rings (SSSR count). The number of aromatic nitrogens is 2. The summed E-state index contributed by atoms with van der Waals surface area (Å²) in [5.41, 5.74) is 2.24. The maximum Gasteiger partial charge on any atom is 0.110 e. The molecule has 19 heavy (non-hydrogen) atoms. The third-order valence-electron chi connectivity index (χ3n) is 2.90. The smallest absolute Gasteiger partial charge is 0.110 e. The molecule has 0 aliphatic carbocycles. The number of benzene rings is 1. The molecule has 0 radical (unpaired) electrons. The normalized spacial score (nSPS) is 12.5. The molecule has 1 atom stereocenters. The summed E-state index contributed by atoms with van der Waals surface area (Å²) in [6.07, 6.45) is 3.61. The molecule has 0 aliphatic heterocycles. The minimum Gasteiger partial charge on any atom is -0.310 e. The molecule has 0 bridgehead atoms. The van der Waals surface area contributed by atoms with Crippen LogP contribution in [-0.2, 0) is 17.3 Å². The lowest BCUT2D eigenvalue weighted by molar-refractivity contribution is 0.670. The third kappa shape index (κ3) is 3.75. The van der Waals surface area contributed by atoms with Crippen molar-refractivity contribution >= 4 is 10.8 Å². The summed E-state index contributed by atoms with van der Waals surface area (Å²) < 4.78 is 13.1. The first kappa shape index (κ1) is 14.0. The predicted octanol–water partition coefficient (Wildman–Crippen LogP) is 1.65. The number of rotatable bonds is 6. The Kier molecular flexibility index (Phi) is 4.87. The van der Waals surface area contributed by atoms with E-state index in [0.29, 0.717) is 5.75 Å². The minimum atomic E-state index is -0.744. The van der Waals surface area contributed by atoms with Gasteiger partial charge in [-0.1, -0.05) is 18.2 Å². The van der Waals surface area contributed by atoms with Gasteiger partial charge >= 0.3 is 0 Å².